The molecule has 1 aliphatic rings. The summed E-state index contributed by atoms with van der Waals surface area (Å²) in [5.74, 6) is -0.778. The Morgan fingerprint density at radius 3 is 3.27 bits per heavy atom. The maximum absolute atomic E-state index is 10.4. The van der Waals surface area contributed by atoms with Gasteiger partial charge in [0.1, 0.15) is 5.69 Å². The van der Waals surface area contributed by atoms with Crippen LogP contribution in [-0.2, 0) is 6.54 Å². The van der Waals surface area contributed by atoms with Gasteiger partial charge >= 0.3 is 5.97 Å². The molecule has 1 aliphatic heterocycles. The highest BCUT2D eigenvalue weighted by Gasteiger charge is 2.24. The maximum atomic E-state index is 10.4. The van der Waals surface area contributed by atoms with Gasteiger partial charge in [-0.2, -0.15) is 10.6 Å². The summed E-state index contributed by atoms with van der Waals surface area (Å²) in [5.41, 5.74) is 3.11. The summed E-state index contributed by atoms with van der Waals surface area (Å²) in [4.78, 5) is 15.2. The Morgan fingerprint density at radius 1 is 1.73 bits per heavy atom. The van der Waals surface area contributed by atoms with Gasteiger partial charge in [-0.05, 0) is 0 Å². The largest absolute Gasteiger partial charge is 0.476 e. The number of hydrogen-bond acceptors (Lipinski definition) is 4. The molecule has 0 saturated heterocycles. The summed E-state index contributed by atoms with van der Waals surface area (Å²) in [6, 6.07) is 0. The van der Waals surface area contributed by atoms with Crippen LogP contribution in [0.2, 0.25) is 0 Å². The van der Waals surface area contributed by atoms with Gasteiger partial charge < -0.3 is 9.94 Å². The normalized spacial score (nSPS) is 14.2. The monoisotopic (exact) mass is 155 g/mol. The van der Waals surface area contributed by atoms with Gasteiger partial charge in [-0.1, -0.05) is 0 Å². The molecular formula is C5H5N3O3. The van der Waals surface area contributed by atoms with E-state index in [0.717, 1.165) is 0 Å². The first-order valence-corrected chi connectivity index (χ1v) is 2.99. The molecular weight excluding hydrogens is 150 g/mol. The lowest BCUT2D eigenvalue weighted by atomic mass is 10.3. The van der Waals surface area contributed by atoms with Crippen molar-refractivity contribution in [3.05, 3.63) is 11.4 Å². The lowest BCUT2D eigenvalue weighted by Crippen LogP contribution is -2.11. The summed E-state index contributed by atoms with van der Waals surface area (Å²) in [7, 11) is 0. The van der Waals surface area contributed by atoms with Crippen molar-refractivity contribution in [2.45, 2.75) is 6.54 Å². The third kappa shape index (κ3) is 0.761. The minimum Gasteiger partial charge on any atom is -0.476 e. The number of fused-ring (bicyclic) bond motifs is 1. The van der Waals surface area contributed by atoms with E-state index in [-0.39, 0.29) is 11.4 Å². The number of aromatic carboxylic acids is 1. The first kappa shape index (κ1) is 6.17. The molecule has 0 aliphatic carbocycles. The zero-order valence-electron chi connectivity index (χ0n) is 5.42. The Bertz CT molecular complexity index is 306. The average molecular weight is 155 g/mol. The van der Waals surface area contributed by atoms with Crippen LogP contribution in [0.3, 0.4) is 0 Å². The topological polar surface area (TPSA) is 87.2 Å². The van der Waals surface area contributed by atoms with E-state index in [1.165, 1.54) is 0 Å². The Labute approximate surface area is 61.1 Å². The maximum Gasteiger partial charge on any atom is 0.357 e. The summed E-state index contributed by atoms with van der Waals surface area (Å²) in [6.45, 7) is 0.444. The molecule has 1 aromatic heterocycles. The third-order valence-corrected chi connectivity index (χ3v) is 1.42. The molecule has 0 amide bonds. The fourth-order valence-corrected chi connectivity index (χ4v) is 0.921. The van der Waals surface area contributed by atoms with Crippen molar-refractivity contribution in [2.75, 3.05) is 0 Å². The van der Waals surface area contributed by atoms with E-state index in [1.54, 1.807) is 0 Å². The smallest absolute Gasteiger partial charge is 0.357 e. The van der Waals surface area contributed by atoms with Gasteiger partial charge in [0.05, 0.1) is 6.54 Å². The number of nitrogens with zero attached hydrogens (tertiary/aromatic N) is 1. The van der Waals surface area contributed by atoms with Crippen molar-refractivity contribution in [3.63, 3.8) is 0 Å². The van der Waals surface area contributed by atoms with Gasteiger partial charge in [0, 0.05) is 0 Å². The van der Waals surface area contributed by atoms with Crippen LogP contribution in [0.4, 0.5) is 0 Å². The molecule has 0 spiro atoms. The highest BCUT2D eigenvalue weighted by Crippen LogP contribution is 2.24. The molecule has 0 atom stereocenters. The molecule has 0 radical (unpaired) electrons. The van der Waals surface area contributed by atoms with E-state index in [9.17, 15) is 4.79 Å². The van der Waals surface area contributed by atoms with Crippen LogP contribution in [0, 0.1) is 0 Å². The van der Waals surface area contributed by atoms with Crippen molar-refractivity contribution in [3.8, 4) is 5.75 Å². The fraction of sp³-hybridized carbons (Fsp3) is 0.200. The summed E-state index contributed by atoms with van der Waals surface area (Å²) in [6.07, 6.45) is 0. The van der Waals surface area contributed by atoms with Gasteiger partial charge in [-0.3, -0.25) is 5.10 Å². The van der Waals surface area contributed by atoms with Gasteiger partial charge in [-0.25, -0.2) is 4.79 Å². The standard InChI is InChI=1S/C5H5N3O3/c9-5(10)3-4-2(7-8-3)1-6-11-4/h6H,1H2,(H,7,8)(H,9,10). The molecule has 0 fully saturated rings. The number of nitrogens with one attached hydrogen (secondary N) is 2. The molecule has 6 nitrogen and oxygen atoms in total. The van der Waals surface area contributed by atoms with Gasteiger partial charge in [0.15, 0.2) is 5.69 Å². The number of aromatic nitrogens is 2. The summed E-state index contributed by atoms with van der Waals surface area (Å²) >= 11 is 0. The lowest BCUT2D eigenvalue weighted by Gasteiger charge is -1.93. The zero-order chi connectivity index (χ0) is 7.84. The first-order chi connectivity index (χ1) is 5.29. The second kappa shape index (κ2) is 1.96. The van der Waals surface area contributed by atoms with Crippen LogP contribution in [0.25, 0.3) is 0 Å². The Hall–Kier alpha value is -1.56. The number of hydroxylamine groups is 1. The zero-order valence-corrected chi connectivity index (χ0v) is 5.42. The predicted molar refractivity (Wildman–Crippen MR) is 33.0 cm³/mol. The van der Waals surface area contributed by atoms with Crippen molar-refractivity contribution in [2.24, 2.45) is 0 Å². The molecule has 3 N–H and O–H groups in total. The molecule has 1 aromatic rings. The second-order valence-electron chi connectivity index (χ2n) is 2.10. The number of H-pyrrole nitrogens is 1. The third-order valence-electron chi connectivity index (χ3n) is 1.42. The Morgan fingerprint density at radius 2 is 2.55 bits per heavy atom. The van der Waals surface area contributed by atoms with E-state index < -0.39 is 5.97 Å². The van der Waals surface area contributed by atoms with E-state index in [2.05, 4.69) is 15.7 Å². The summed E-state index contributed by atoms with van der Waals surface area (Å²) < 4.78 is 0. The Balaban J connectivity index is 2.50. The molecule has 58 valence electrons. The second-order valence-corrected chi connectivity index (χ2v) is 2.10. The quantitative estimate of drug-likeness (QED) is 0.509. The average Bonchev–Trinajstić information content (AvgIpc) is 2.41. The van der Waals surface area contributed by atoms with E-state index in [0.29, 0.717) is 12.2 Å². The van der Waals surface area contributed by atoms with Crippen molar-refractivity contribution < 1.29 is 14.7 Å². The Kier molecular flexibility index (Phi) is 1.10. The van der Waals surface area contributed by atoms with Crippen LogP contribution in [0.5, 0.6) is 5.75 Å². The molecule has 0 bridgehead atoms. The van der Waals surface area contributed by atoms with E-state index >= 15 is 0 Å². The van der Waals surface area contributed by atoms with Gasteiger partial charge in [-0.15, -0.1) is 0 Å². The lowest BCUT2D eigenvalue weighted by molar-refractivity contribution is 0.0683. The molecule has 11 heavy (non-hydrogen) atoms. The molecule has 0 saturated carbocycles. The minimum atomic E-state index is -1.07. The highest BCUT2D eigenvalue weighted by atomic mass is 16.7. The number of carbonyl (C=O) groups is 1. The SMILES string of the molecule is O=C(O)c1[nH]nc2c1ONC2. The molecule has 0 aromatic carbocycles. The van der Waals surface area contributed by atoms with Crippen molar-refractivity contribution in [1.29, 1.82) is 0 Å². The number of carboxylic acid groups (broad SMARTS) is 1. The minimum absolute atomic E-state index is 0.00926. The fourth-order valence-electron chi connectivity index (χ4n) is 0.921. The van der Waals surface area contributed by atoms with Gasteiger partial charge in [0.2, 0.25) is 5.75 Å². The molecule has 6 heteroatoms. The predicted octanol–water partition coefficient (Wildman–Crippen LogP) is -0.495. The van der Waals surface area contributed by atoms with Crippen LogP contribution in [0.15, 0.2) is 0 Å². The summed E-state index contributed by atoms with van der Waals surface area (Å²) in [5, 5.41) is 14.6. The molecule has 0 unspecified atom stereocenters. The molecule has 2 rings (SSSR count). The number of hydrogen-bond donors (Lipinski definition) is 3. The van der Waals surface area contributed by atoms with Crippen LogP contribution in [-0.4, -0.2) is 21.3 Å². The van der Waals surface area contributed by atoms with Crippen LogP contribution in [0.1, 0.15) is 16.2 Å². The van der Waals surface area contributed by atoms with Crippen molar-refractivity contribution >= 4 is 5.97 Å². The van der Waals surface area contributed by atoms with Crippen LogP contribution < -0.4 is 10.3 Å². The highest BCUT2D eigenvalue weighted by molar-refractivity contribution is 5.89. The van der Waals surface area contributed by atoms with Gasteiger partial charge in [0.25, 0.3) is 0 Å². The first-order valence-electron chi connectivity index (χ1n) is 2.99. The van der Waals surface area contributed by atoms with Crippen molar-refractivity contribution in [1.82, 2.24) is 15.7 Å². The number of rotatable bonds is 1. The molecule has 2 heterocycles. The number of carboxylic acids is 1. The van der Waals surface area contributed by atoms with Crippen LogP contribution >= 0.6 is 0 Å². The van der Waals surface area contributed by atoms with E-state index in [1.807, 2.05) is 0 Å². The number of aromatic amines is 1. The van der Waals surface area contributed by atoms with E-state index in [4.69, 9.17) is 9.94 Å².